The topological polar surface area (TPSA) is 50.1 Å². The molecule has 0 N–H and O–H groups in total. The Hall–Kier alpha value is -1.86. The number of carbonyl (C=O) groups is 1. The van der Waals surface area contributed by atoms with Crippen LogP contribution in [0.2, 0.25) is 0 Å². The van der Waals surface area contributed by atoms with Gasteiger partial charge in [-0.05, 0) is 0 Å². The van der Waals surface area contributed by atoms with E-state index < -0.39 is 42.3 Å². The molecule has 0 saturated heterocycles. The third-order valence-electron chi connectivity index (χ3n) is 1.92. The summed E-state index contributed by atoms with van der Waals surface area (Å²) in [5.41, 5.74) is -1.07. The zero-order chi connectivity index (χ0) is 16.4. The minimum Gasteiger partial charge on any atom is -0.455 e. The molecule has 0 heterocycles. The molecule has 0 atom stereocenters. The minimum absolute atomic E-state index is 1.02. The molecule has 11 heteroatoms. The zero-order valence-electron chi connectivity index (χ0n) is 9.28. The van der Waals surface area contributed by atoms with Gasteiger partial charge in [-0.1, -0.05) is 6.58 Å². The number of hydrogen-bond donors (Lipinski definition) is 0. The molecule has 0 aliphatic carbocycles. The summed E-state index contributed by atoms with van der Waals surface area (Å²) in [6.07, 6.45) is -5.06. The number of carbonyl (C=O) groups excluding carboxylic acids is 1. The molecule has 0 aliphatic rings. The van der Waals surface area contributed by atoms with Crippen molar-refractivity contribution in [3.63, 3.8) is 0 Å². The summed E-state index contributed by atoms with van der Waals surface area (Å²) in [5, 5.41) is 8.09. The average molecular weight is 311 g/mol. The third-order valence-corrected chi connectivity index (χ3v) is 1.92. The molecule has 0 fully saturated rings. The van der Waals surface area contributed by atoms with Crippen LogP contribution >= 0.6 is 0 Å². The Bertz CT molecular complexity index is 440. The van der Waals surface area contributed by atoms with E-state index in [4.69, 9.17) is 5.26 Å². The summed E-state index contributed by atoms with van der Waals surface area (Å²) in [4.78, 5) is 10.7. The zero-order valence-corrected chi connectivity index (χ0v) is 9.28. The molecule has 0 saturated carbocycles. The van der Waals surface area contributed by atoms with Gasteiger partial charge in [0.2, 0.25) is 0 Å². The van der Waals surface area contributed by atoms with Crippen LogP contribution in [-0.2, 0) is 9.53 Å². The van der Waals surface area contributed by atoms with E-state index in [1.807, 2.05) is 0 Å². The molecule has 0 aromatic carbocycles. The molecule has 0 aromatic rings. The highest BCUT2D eigenvalue weighted by atomic mass is 19.4. The predicted molar refractivity (Wildman–Crippen MR) is 46.6 cm³/mol. The van der Waals surface area contributed by atoms with Crippen molar-refractivity contribution >= 4 is 5.97 Å². The molecule has 0 aliphatic heterocycles. The first-order chi connectivity index (χ1) is 8.81. The van der Waals surface area contributed by atoms with Crippen LogP contribution in [0.15, 0.2) is 12.2 Å². The van der Waals surface area contributed by atoms with Crippen molar-refractivity contribution in [1.29, 1.82) is 5.26 Å². The van der Waals surface area contributed by atoms with E-state index in [0.29, 0.717) is 0 Å². The van der Waals surface area contributed by atoms with Crippen LogP contribution in [0.5, 0.6) is 0 Å². The summed E-state index contributed by atoms with van der Waals surface area (Å²) in [7, 11) is 0. The number of ether oxygens (including phenoxy) is 1. The number of halogens is 8. The van der Waals surface area contributed by atoms with Crippen LogP contribution in [0.1, 0.15) is 0 Å². The highest BCUT2D eigenvalue weighted by Gasteiger charge is 2.75. The fraction of sp³-hybridized carbons (Fsp3) is 0.556. The van der Waals surface area contributed by atoms with Crippen molar-refractivity contribution in [3.05, 3.63) is 12.2 Å². The van der Waals surface area contributed by atoms with Crippen molar-refractivity contribution in [1.82, 2.24) is 0 Å². The number of rotatable bonds is 6. The van der Waals surface area contributed by atoms with Crippen LogP contribution in [0.4, 0.5) is 35.1 Å². The van der Waals surface area contributed by atoms with Gasteiger partial charge in [0.25, 0.3) is 0 Å². The van der Waals surface area contributed by atoms with E-state index >= 15 is 0 Å². The lowest BCUT2D eigenvalue weighted by Crippen LogP contribution is -2.59. The molecular formula is C9H5F8NO2. The second-order valence-electron chi connectivity index (χ2n) is 3.37. The van der Waals surface area contributed by atoms with Gasteiger partial charge < -0.3 is 4.74 Å². The van der Waals surface area contributed by atoms with Crippen LogP contribution in [-0.4, -0.2) is 36.8 Å². The van der Waals surface area contributed by atoms with Crippen molar-refractivity contribution in [2.45, 2.75) is 24.2 Å². The normalized spacial score (nSPS) is 13.0. The average Bonchev–Trinajstić information content (AvgIpc) is 2.34. The third kappa shape index (κ3) is 3.17. The molecule has 20 heavy (non-hydrogen) atoms. The maximum Gasteiger partial charge on any atom is 0.381 e. The molecule has 3 nitrogen and oxygen atoms in total. The fourth-order valence-corrected chi connectivity index (χ4v) is 0.760. The summed E-state index contributed by atoms with van der Waals surface area (Å²) in [6, 6.07) is 1.02. The summed E-state index contributed by atoms with van der Waals surface area (Å²) in [6.45, 7) is 0.0536. The number of nitrogens with zero attached hydrogens (tertiary/aromatic N) is 1. The monoisotopic (exact) mass is 311 g/mol. The first-order valence-corrected chi connectivity index (χ1v) is 4.49. The maximum absolute atomic E-state index is 12.8. The predicted octanol–water partition coefficient (Wildman–Crippen LogP) is 2.78. The van der Waals surface area contributed by atoms with Gasteiger partial charge in [0.05, 0.1) is 0 Å². The Morgan fingerprint density at radius 3 is 2.00 bits per heavy atom. The van der Waals surface area contributed by atoms with Crippen molar-refractivity contribution in [2.24, 2.45) is 0 Å². The van der Waals surface area contributed by atoms with Gasteiger partial charge in [-0.2, -0.15) is 31.6 Å². The highest BCUT2D eigenvalue weighted by molar-refractivity contribution is 5.91. The Morgan fingerprint density at radius 2 is 1.65 bits per heavy atom. The summed E-state index contributed by atoms with van der Waals surface area (Å²) >= 11 is 0. The lowest BCUT2D eigenvalue weighted by atomic mass is 10.1. The number of esters is 1. The minimum atomic E-state index is -6.47. The van der Waals surface area contributed by atoms with Gasteiger partial charge in [0, 0.05) is 0 Å². The van der Waals surface area contributed by atoms with E-state index in [1.165, 1.54) is 0 Å². The molecule has 0 amide bonds. The molecule has 0 aromatic heterocycles. The van der Waals surface area contributed by atoms with Gasteiger partial charge >= 0.3 is 30.2 Å². The van der Waals surface area contributed by atoms with Gasteiger partial charge in [0.15, 0.2) is 6.61 Å². The van der Waals surface area contributed by atoms with Crippen LogP contribution in [0.3, 0.4) is 0 Å². The molecular weight excluding hydrogens is 306 g/mol. The fourth-order valence-electron chi connectivity index (χ4n) is 0.760. The van der Waals surface area contributed by atoms with E-state index in [9.17, 15) is 39.9 Å². The Labute approximate surface area is 106 Å². The van der Waals surface area contributed by atoms with Gasteiger partial charge in [0.1, 0.15) is 11.6 Å². The van der Waals surface area contributed by atoms with Crippen molar-refractivity contribution in [2.75, 3.05) is 6.61 Å². The van der Waals surface area contributed by atoms with Crippen molar-refractivity contribution < 1.29 is 44.7 Å². The second-order valence-corrected chi connectivity index (χ2v) is 3.37. The van der Waals surface area contributed by atoms with E-state index in [0.717, 1.165) is 6.07 Å². The molecule has 0 unspecified atom stereocenters. The quantitative estimate of drug-likeness (QED) is 0.328. The van der Waals surface area contributed by atoms with Crippen molar-refractivity contribution in [3.8, 4) is 6.07 Å². The highest BCUT2D eigenvalue weighted by Crippen LogP contribution is 2.48. The maximum atomic E-state index is 12.8. The lowest BCUT2D eigenvalue weighted by Gasteiger charge is -2.31. The standard InChI is InChI=1S/C9H5F8NO2/c1-4(2-18)5(19)20-3-7(12,13)9(16,17)8(14,15)6(10)11/h6H,1,3H2. The molecule has 114 valence electrons. The van der Waals surface area contributed by atoms with Crippen LogP contribution < -0.4 is 0 Å². The van der Waals surface area contributed by atoms with E-state index in [-0.39, 0.29) is 0 Å². The Balaban J connectivity index is 5.10. The first-order valence-electron chi connectivity index (χ1n) is 4.49. The van der Waals surface area contributed by atoms with Gasteiger partial charge in [-0.15, -0.1) is 0 Å². The van der Waals surface area contributed by atoms with Crippen LogP contribution in [0.25, 0.3) is 0 Å². The summed E-state index contributed by atoms with van der Waals surface area (Å²) in [5.74, 6) is -20.5. The summed E-state index contributed by atoms with van der Waals surface area (Å²) < 4.78 is 103. The molecule has 0 spiro atoms. The van der Waals surface area contributed by atoms with E-state index in [1.54, 1.807) is 0 Å². The first kappa shape index (κ1) is 18.1. The Kier molecular flexibility index (Phi) is 5.11. The van der Waals surface area contributed by atoms with Gasteiger partial charge in [-0.3, -0.25) is 0 Å². The van der Waals surface area contributed by atoms with Gasteiger partial charge in [-0.25, -0.2) is 13.6 Å². The van der Waals surface area contributed by atoms with E-state index in [2.05, 4.69) is 11.3 Å². The molecule has 0 radical (unpaired) electrons. The van der Waals surface area contributed by atoms with Crippen LogP contribution in [0, 0.1) is 11.3 Å². The number of nitriles is 1. The molecule has 0 bridgehead atoms. The SMILES string of the molecule is C=C(C#N)C(=O)OCC(F)(F)C(F)(F)C(F)(F)C(F)F. The largest absolute Gasteiger partial charge is 0.455 e. The second kappa shape index (κ2) is 5.64. The smallest absolute Gasteiger partial charge is 0.381 e. The lowest BCUT2D eigenvalue weighted by molar-refractivity contribution is -0.344. The Morgan fingerprint density at radius 1 is 1.20 bits per heavy atom. The molecule has 0 rings (SSSR count). The number of hydrogen-bond acceptors (Lipinski definition) is 3. The number of alkyl halides is 8.